The van der Waals surface area contributed by atoms with Crippen LogP contribution in [-0.4, -0.2) is 56.0 Å². The van der Waals surface area contributed by atoms with Crippen LogP contribution in [0.1, 0.15) is 104 Å². The second kappa shape index (κ2) is 19.9. The van der Waals surface area contributed by atoms with Crippen LogP contribution in [0.5, 0.6) is 0 Å². The van der Waals surface area contributed by atoms with Gasteiger partial charge in [-0.3, -0.25) is 4.90 Å². The van der Waals surface area contributed by atoms with E-state index in [1.54, 1.807) is 0 Å². The number of rotatable bonds is 21. The Morgan fingerprint density at radius 1 is 0.487 bits per heavy atom. The van der Waals surface area contributed by atoms with Gasteiger partial charge in [-0.05, 0) is 69.6 Å². The zero-order valence-electron chi connectivity index (χ0n) is 25.4. The minimum atomic E-state index is 0.939. The van der Waals surface area contributed by atoms with Gasteiger partial charge in [0.1, 0.15) is 0 Å². The number of unbranched alkanes of at least 4 members (excludes halogenated alkanes) is 11. The fraction of sp³-hybridized carbons (Fsp3) is 0.657. The average molecular weight is 535 g/mol. The lowest BCUT2D eigenvalue weighted by Gasteiger charge is -2.44. The molecule has 0 bridgehead atoms. The Kier molecular flexibility index (Phi) is 16.1. The maximum absolute atomic E-state index is 2.79. The van der Waals surface area contributed by atoms with Crippen LogP contribution in [0.25, 0.3) is 0 Å². The second-order valence-corrected chi connectivity index (χ2v) is 11.7. The molecule has 218 valence electrons. The minimum Gasteiger partial charge on any atom is -0.341 e. The van der Waals surface area contributed by atoms with Gasteiger partial charge in [0.05, 0.1) is 20.0 Å². The summed E-state index contributed by atoms with van der Waals surface area (Å²) < 4.78 is 0. The fourth-order valence-electron chi connectivity index (χ4n) is 5.81. The highest BCUT2D eigenvalue weighted by Gasteiger charge is 2.23. The Morgan fingerprint density at radius 2 is 0.897 bits per heavy atom. The molecule has 4 nitrogen and oxygen atoms in total. The summed E-state index contributed by atoms with van der Waals surface area (Å²) in [5.74, 6) is 0. The molecule has 1 heterocycles. The normalized spacial score (nSPS) is 14.4. The first kappa shape index (κ1) is 31.5. The number of anilines is 2. The Morgan fingerprint density at radius 3 is 1.36 bits per heavy atom. The van der Waals surface area contributed by atoms with Crippen molar-refractivity contribution in [1.82, 2.24) is 9.80 Å². The molecular formula is C35H58N4. The molecule has 2 aromatic rings. The van der Waals surface area contributed by atoms with Gasteiger partial charge in [0.25, 0.3) is 0 Å². The standard InChI is InChI=1S/C35H58N4/c1-3-5-7-9-11-19-27-36(28-20-12-10-8-6-4-2)29-21-22-30-37-31-38(34-23-15-13-16-24-34)33-39(32-37)35-25-17-14-18-26-35/h13-18,23-26H,3-12,19-22,27-33H2,1-2H3. The van der Waals surface area contributed by atoms with Crippen molar-refractivity contribution in [3.05, 3.63) is 60.7 Å². The van der Waals surface area contributed by atoms with Crippen molar-refractivity contribution in [3.8, 4) is 0 Å². The second-order valence-electron chi connectivity index (χ2n) is 11.7. The van der Waals surface area contributed by atoms with Crippen molar-refractivity contribution in [1.29, 1.82) is 0 Å². The Labute approximate surface area is 241 Å². The molecule has 1 saturated heterocycles. The molecule has 0 aromatic heterocycles. The van der Waals surface area contributed by atoms with Crippen LogP contribution in [-0.2, 0) is 0 Å². The summed E-state index contributed by atoms with van der Waals surface area (Å²) in [6.07, 6.45) is 19.3. The van der Waals surface area contributed by atoms with Crippen molar-refractivity contribution in [2.45, 2.75) is 104 Å². The summed E-state index contributed by atoms with van der Waals surface area (Å²) in [4.78, 5) is 10.5. The highest BCUT2D eigenvalue weighted by molar-refractivity contribution is 5.52. The first-order chi connectivity index (χ1) is 19.3. The Balaban J connectivity index is 1.45. The first-order valence-electron chi connectivity index (χ1n) is 16.3. The van der Waals surface area contributed by atoms with E-state index in [-0.39, 0.29) is 0 Å². The molecule has 1 aliphatic rings. The number of benzene rings is 2. The van der Waals surface area contributed by atoms with Crippen molar-refractivity contribution >= 4 is 11.4 Å². The third-order valence-electron chi connectivity index (χ3n) is 8.18. The maximum Gasteiger partial charge on any atom is 0.0928 e. The van der Waals surface area contributed by atoms with Gasteiger partial charge >= 0.3 is 0 Å². The van der Waals surface area contributed by atoms with Crippen molar-refractivity contribution < 1.29 is 0 Å². The predicted molar refractivity (Wildman–Crippen MR) is 172 cm³/mol. The Hall–Kier alpha value is -2.04. The molecule has 0 aliphatic carbocycles. The van der Waals surface area contributed by atoms with Gasteiger partial charge < -0.3 is 14.7 Å². The summed E-state index contributed by atoms with van der Waals surface area (Å²) in [5, 5.41) is 0. The van der Waals surface area contributed by atoms with Gasteiger partial charge in [-0.25, -0.2) is 0 Å². The van der Waals surface area contributed by atoms with Crippen LogP contribution in [0.4, 0.5) is 11.4 Å². The molecule has 0 saturated carbocycles. The minimum absolute atomic E-state index is 0.939. The van der Waals surface area contributed by atoms with E-state index in [0.29, 0.717) is 0 Å². The molecule has 1 fully saturated rings. The van der Waals surface area contributed by atoms with Crippen LogP contribution in [0.3, 0.4) is 0 Å². The molecule has 0 spiro atoms. The van der Waals surface area contributed by atoms with E-state index in [1.807, 2.05) is 0 Å². The fourth-order valence-corrected chi connectivity index (χ4v) is 5.81. The number of nitrogens with zero attached hydrogens (tertiary/aromatic N) is 4. The van der Waals surface area contributed by atoms with E-state index in [2.05, 4.69) is 94.1 Å². The molecule has 1 aliphatic heterocycles. The largest absolute Gasteiger partial charge is 0.341 e. The zero-order valence-corrected chi connectivity index (χ0v) is 25.4. The molecule has 39 heavy (non-hydrogen) atoms. The van der Waals surface area contributed by atoms with Crippen LogP contribution in [0.15, 0.2) is 60.7 Å². The van der Waals surface area contributed by atoms with E-state index in [4.69, 9.17) is 0 Å². The highest BCUT2D eigenvalue weighted by Crippen LogP contribution is 2.23. The quantitative estimate of drug-likeness (QED) is 0.148. The lowest BCUT2D eigenvalue weighted by molar-refractivity contribution is 0.220. The topological polar surface area (TPSA) is 13.0 Å². The van der Waals surface area contributed by atoms with Crippen LogP contribution in [0, 0.1) is 0 Å². The van der Waals surface area contributed by atoms with Gasteiger partial charge in [-0.15, -0.1) is 0 Å². The average Bonchev–Trinajstić information content (AvgIpc) is 2.99. The van der Waals surface area contributed by atoms with E-state index >= 15 is 0 Å². The number of hydrogen-bond donors (Lipinski definition) is 0. The maximum atomic E-state index is 2.79. The van der Waals surface area contributed by atoms with Crippen LogP contribution < -0.4 is 9.80 Å². The third kappa shape index (κ3) is 12.8. The summed E-state index contributed by atoms with van der Waals surface area (Å²) in [7, 11) is 0. The van der Waals surface area contributed by atoms with Crippen LogP contribution in [0.2, 0.25) is 0 Å². The predicted octanol–water partition coefficient (Wildman–Crippen LogP) is 8.99. The van der Waals surface area contributed by atoms with Gasteiger partial charge in [0.15, 0.2) is 0 Å². The lowest BCUT2D eigenvalue weighted by Crippen LogP contribution is -2.55. The van der Waals surface area contributed by atoms with E-state index in [9.17, 15) is 0 Å². The van der Waals surface area contributed by atoms with E-state index in [0.717, 1.165) is 26.6 Å². The molecule has 0 radical (unpaired) electrons. The molecule has 0 unspecified atom stereocenters. The molecule has 0 atom stereocenters. The molecular weight excluding hydrogens is 476 g/mol. The van der Waals surface area contributed by atoms with Crippen molar-refractivity contribution in [2.24, 2.45) is 0 Å². The molecule has 4 heteroatoms. The summed E-state index contributed by atoms with van der Waals surface area (Å²) in [6.45, 7) is 12.6. The molecule has 3 rings (SSSR count). The molecule has 0 amide bonds. The summed E-state index contributed by atoms with van der Waals surface area (Å²) in [5.41, 5.74) is 2.62. The smallest absolute Gasteiger partial charge is 0.0928 e. The zero-order chi connectivity index (χ0) is 27.4. The monoisotopic (exact) mass is 534 g/mol. The summed E-state index contributed by atoms with van der Waals surface area (Å²) >= 11 is 0. The first-order valence-corrected chi connectivity index (χ1v) is 16.3. The van der Waals surface area contributed by atoms with Crippen molar-refractivity contribution in [3.63, 3.8) is 0 Å². The summed E-state index contributed by atoms with van der Waals surface area (Å²) in [6, 6.07) is 21.8. The number of para-hydroxylation sites is 2. The molecule has 0 N–H and O–H groups in total. The van der Waals surface area contributed by atoms with Gasteiger partial charge in [0, 0.05) is 17.9 Å². The van der Waals surface area contributed by atoms with E-state index in [1.165, 1.54) is 121 Å². The lowest BCUT2D eigenvalue weighted by atomic mass is 10.1. The van der Waals surface area contributed by atoms with E-state index < -0.39 is 0 Å². The SMILES string of the molecule is CCCCCCCCN(CCCCCCCC)CCCCN1CN(c2ccccc2)CN(c2ccccc2)C1. The third-order valence-corrected chi connectivity index (χ3v) is 8.18. The molecule has 2 aromatic carbocycles. The van der Waals surface area contributed by atoms with Gasteiger partial charge in [0.2, 0.25) is 0 Å². The van der Waals surface area contributed by atoms with Crippen LogP contribution >= 0.6 is 0 Å². The Bertz CT molecular complexity index is 764. The number of hydrogen-bond acceptors (Lipinski definition) is 4. The highest BCUT2D eigenvalue weighted by atomic mass is 15.5. The van der Waals surface area contributed by atoms with Gasteiger partial charge in [-0.2, -0.15) is 0 Å². The van der Waals surface area contributed by atoms with Gasteiger partial charge in [-0.1, -0.05) is 114 Å². The van der Waals surface area contributed by atoms with Crippen molar-refractivity contribution in [2.75, 3.05) is 56.0 Å².